The van der Waals surface area contributed by atoms with Gasteiger partial charge in [0, 0.05) is 31.7 Å². The van der Waals surface area contributed by atoms with E-state index >= 15 is 0 Å². The standard InChI is InChI=1S/C19H26N4/c1-4-19(2)10-12-23(14-19)18(20-3)22-13-17-16-8-6-5-7-15(16)9-11-21-17/h5-9,11H,4,10,12-14H2,1-3H3,(H,20,22). The summed E-state index contributed by atoms with van der Waals surface area (Å²) in [5.41, 5.74) is 1.48. The lowest BCUT2D eigenvalue weighted by Gasteiger charge is -2.25. The predicted octanol–water partition coefficient (Wildman–Crippen LogP) is 3.43. The van der Waals surface area contributed by atoms with Gasteiger partial charge in [-0.1, -0.05) is 38.1 Å². The predicted molar refractivity (Wildman–Crippen MR) is 96.5 cm³/mol. The van der Waals surface area contributed by atoms with Crippen molar-refractivity contribution in [3.63, 3.8) is 0 Å². The molecular weight excluding hydrogens is 284 g/mol. The molecule has 0 saturated carbocycles. The first-order valence-electron chi connectivity index (χ1n) is 8.43. The fourth-order valence-corrected chi connectivity index (χ4v) is 3.31. The Morgan fingerprint density at radius 3 is 2.91 bits per heavy atom. The van der Waals surface area contributed by atoms with Crippen molar-refractivity contribution in [2.24, 2.45) is 10.4 Å². The van der Waals surface area contributed by atoms with Gasteiger partial charge in [0.15, 0.2) is 5.96 Å². The van der Waals surface area contributed by atoms with Crippen LogP contribution >= 0.6 is 0 Å². The Bertz CT molecular complexity index is 704. The lowest BCUT2D eigenvalue weighted by molar-refractivity contribution is 0.322. The Balaban J connectivity index is 1.71. The quantitative estimate of drug-likeness (QED) is 0.697. The molecule has 1 N–H and O–H groups in total. The van der Waals surface area contributed by atoms with Crippen LogP contribution in [0.1, 0.15) is 32.4 Å². The molecule has 1 unspecified atom stereocenters. The monoisotopic (exact) mass is 310 g/mol. The van der Waals surface area contributed by atoms with Crippen molar-refractivity contribution in [1.29, 1.82) is 0 Å². The molecule has 1 aromatic heterocycles. The summed E-state index contributed by atoms with van der Waals surface area (Å²) in [6.07, 6.45) is 4.33. The van der Waals surface area contributed by atoms with E-state index in [4.69, 9.17) is 0 Å². The Morgan fingerprint density at radius 1 is 1.35 bits per heavy atom. The van der Waals surface area contributed by atoms with E-state index in [1.165, 1.54) is 23.6 Å². The van der Waals surface area contributed by atoms with Gasteiger partial charge in [0.25, 0.3) is 0 Å². The molecular formula is C19H26N4. The number of nitrogens with one attached hydrogen (secondary N) is 1. The first-order chi connectivity index (χ1) is 11.1. The van der Waals surface area contributed by atoms with Crippen LogP contribution in [0.5, 0.6) is 0 Å². The number of hydrogen-bond acceptors (Lipinski definition) is 2. The van der Waals surface area contributed by atoms with E-state index < -0.39 is 0 Å². The number of fused-ring (bicyclic) bond motifs is 1. The zero-order valence-corrected chi connectivity index (χ0v) is 14.3. The van der Waals surface area contributed by atoms with Crippen LogP contribution in [-0.4, -0.2) is 36.0 Å². The molecule has 0 bridgehead atoms. The molecule has 4 heteroatoms. The maximum absolute atomic E-state index is 4.55. The molecule has 0 spiro atoms. The number of aliphatic imine (C=N–C) groups is 1. The Kier molecular flexibility index (Phi) is 4.51. The number of pyridine rings is 1. The van der Waals surface area contributed by atoms with Gasteiger partial charge in [-0.25, -0.2) is 0 Å². The fraction of sp³-hybridized carbons (Fsp3) is 0.474. The summed E-state index contributed by atoms with van der Waals surface area (Å²) < 4.78 is 0. The van der Waals surface area contributed by atoms with Crippen LogP contribution in [0, 0.1) is 5.41 Å². The molecule has 4 nitrogen and oxygen atoms in total. The van der Waals surface area contributed by atoms with E-state index in [9.17, 15) is 0 Å². The summed E-state index contributed by atoms with van der Waals surface area (Å²) in [5, 5.41) is 5.93. The van der Waals surface area contributed by atoms with Crippen molar-refractivity contribution in [2.75, 3.05) is 20.1 Å². The van der Waals surface area contributed by atoms with Crippen LogP contribution in [0.25, 0.3) is 10.8 Å². The van der Waals surface area contributed by atoms with Crippen LogP contribution in [0.3, 0.4) is 0 Å². The third kappa shape index (κ3) is 3.31. The van der Waals surface area contributed by atoms with Crippen LogP contribution in [-0.2, 0) is 6.54 Å². The molecule has 1 fully saturated rings. The summed E-state index contributed by atoms with van der Waals surface area (Å²) in [6.45, 7) is 7.50. The molecule has 3 rings (SSSR count). The van der Waals surface area contributed by atoms with Crippen molar-refractivity contribution in [1.82, 2.24) is 15.2 Å². The number of likely N-dealkylation sites (tertiary alicyclic amines) is 1. The summed E-state index contributed by atoms with van der Waals surface area (Å²) in [6, 6.07) is 10.4. The second-order valence-electron chi connectivity index (χ2n) is 6.72. The molecule has 2 heterocycles. The van der Waals surface area contributed by atoms with Gasteiger partial charge in [-0.15, -0.1) is 0 Å². The molecule has 2 aromatic rings. The highest BCUT2D eigenvalue weighted by Gasteiger charge is 2.33. The minimum atomic E-state index is 0.412. The minimum Gasteiger partial charge on any atom is -0.351 e. The largest absolute Gasteiger partial charge is 0.351 e. The molecule has 23 heavy (non-hydrogen) atoms. The molecule has 1 aliphatic heterocycles. The highest BCUT2D eigenvalue weighted by molar-refractivity contribution is 5.85. The van der Waals surface area contributed by atoms with Crippen LogP contribution in [0.15, 0.2) is 41.5 Å². The van der Waals surface area contributed by atoms with Crippen molar-refractivity contribution >= 4 is 16.7 Å². The van der Waals surface area contributed by atoms with Gasteiger partial charge in [-0.2, -0.15) is 0 Å². The molecule has 0 radical (unpaired) electrons. The van der Waals surface area contributed by atoms with Crippen LogP contribution < -0.4 is 5.32 Å². The summed E-state index contributed by atoms with van der Waals surface area (Å²) >= 11 is 0. The molecule has 1 aromatic carbocycles. The topological polar surface area (TPSA) is 40.5 Å². The van der Waals surface area contributed by atoms with E-state index in [0.717, 1.165) is 24.7 Å². The molecule has 0 amide bonds. The molecule has 1 saturated heterocycles. The normalized spacial score (nSPS) is 21.9. The third-order valence-electron chi connectivity index (χ3n) is 5.09. The average molecular weight is 310 g/mol. The van der Waals surface area contributed by atoms with E-state index in [2.05, 4.69) is 64.4 Å². The summed E-state index contributed by atoms with van der Waals surface area (Å²) in [7, 11) is 1.86. The number of benzene rings is 1. The van der Waals surface area contributed by atoms with Crippen molar-refractivity contribution in [3.8, 4) is 0 Å². The number of hydrogen-bond donors (Lipinski definition) is 1. The molecule has 1 aliphatic rings. The van der Waals surface area contributed by atoms with Gasteiger partial charge >= 0.3 is 0 Å². The summed E-state index contributed by atoms with van der Waals surface area (Å²) in [4.78, 5) is 11.4. The highest BCUT2D eigenvalue weighted by atomic mass is 15.3. The van der Waals surface area contributed by atoms with Crippen molar-refractivity contribution in [3.05, 3.63) is 42.2 Å². The Morgan fingerprint density at radius 2 is 2.17 bits per heavy atom. The number of guanidine groups is 1. The van der Waals surface area contributed by atoms with E-state index in [1.807, 2.05) is 13.2 Å². The maximum atomic E-state index is 4.55. The first kappa shape index (κ1) is 15.8. The fourth-order valence-electron chi connectivity index (χ4n) is 3.31. The lowest BCUT2D eigenvalue weighted by Crippen LogP contribution is -2.40. The molecule has 0 aliphatic carbocycles. The minimum absolute atomic E-state index is 0.412. The molecule has 122 valence electrons. The smallest absolute Gasteiger partial charge is 0.193 e. The second kappa shape index (κ2) is 6.57. The molecule has 1 atom stereocenters. The van der Waals surface area contributed by atoms with Gasteiger partial charge < -0.3 is 10.2 Å². The van der Waals surface area contributed by atoms with E-state index in [0.29, 0.717) is 12.0 Å². The van der Waals surface area contributed by atoms with Crippen molar-refractivity contribution in [2.45, 2.75) is 33.2 Å². The van der Waals surface area contributed by atoms with Gasteiger partial charge in [-0.05, 0) is 29.7 Å². The van der Waals surface area contributed by atoms with Gasteiger partial charge in [0.2, 0.25) is 0 Å². The Hall–Kier alpha value is -2.10. The number of rotatable bonds is 3. The second-order valence-corrected chi connectivity index (χ2v) is 6.72. The van der Waals surface area contributed by atoms with Gasteiger partial charge in [0.05, 0.1) is 12.2 Å². The zero-order chi connectivity index (χ0) is 16.3. The number of nitrogens with zero attached hydrogens (tertiary/aromatic N) is 3. The lowest BCUT2D eigenvalue weighted by atomic mass is 9.87. The van der Waals surface area contributed by atoms with Crippen LogP contribution in [0.4, 0.5) is 0 Å². The first-order valence-corrected chi connectivity index (χ1v) is 8.43. The zero-order valence-electron chi connectivity index (χ0n) is 14.3. The van der Waals surface area contributed by atoms with Crippen molar-refractivity contribution < 1.29 is 0 Å². The maximum Gasteiger partial charge on any atom is 0.193 e. The Labute approximate surface area is 138 Å². The van der Waals surface area contributed by atoms with E-state index in [1.54, 1.807) is 0 Å². The van der Waals surface area contributed by atoms with Crippen LogP contribution in [0.2, 0.25) is 0 Å². The third-order valence-corrected chi connectivity index (χ3v) is 5.09. The van der Waals surface area contributed by atoms with E-state index in [-0.39, 0.29) is 0 Å². The highest BCUT2D eigenvalue weighted by Crippen LogP contribution is 2.32. The SMILES string of the molecule is CCC1(C)CCN(C(=NC)NCc2nccc3ccccc23)C1. The summed E-state index contributed by atoms with van der Waals surface area (Å²) in [5.74, 6) is 0.983. The van der Waals surface area contributed by atoms with Gasteiger partial charge in [0.1, 0.15) is 0 Å². The van der Waals surface area contributed by atoms with Gasteiger partial charge in [-0.3, -0.25) is 9.98 Å². The number of aromatic nitrogens is 1. The average Bonchev–Trinajstić information content (AvgIpc) is 2.98.